The van der Waals surface area contributed by atoms with Crippen LogP contribution in [0.4, 0.5) is 4.39 Å². The van der Waals surface area contributed by atoms with Gasteiger partial charge in [0.15, 0.2) is 0 Å². The normalized spacial score (nSPS) is 13.1. The van der Waals surface area contributed by atoms with Crippen LogP contribution in [0.2, 0.25) is 5.02 Å². The standard InChI is InChI=1S/C13H20ClFN2/c1-10(16)4-3-7-17(2)9-11-8-12(14)5-6-13(11)15/h5-6,8,10H,3-4,7,9,16H2,1-2H3. The van der Waals surface area contributed by atoms with E-state index in [0.29, 0.717) is 17.1 Å². The molecule has 1 aromatic carbocycles. The van der Waals surface area contributed by atoms with Gasteiger partial charge in [-0.1, -0.05) is 11.6 Å². The van der Waals surface area contributed by atoms with E-state index < -0.39 is 0 Å². The molecule has 0 radical (unpaired) electrons. The molecule has 0 bridgehead atoms. The molecule has 0 aromatic heterocycles. The van der Waals surface area contributed by atoms with E-state index >= 15 is 0 Å². The number of nitrogens with two attached hydrogens (primary N) is 1. The van der Waals surface area contributed by atoms with Gasteiger partial charge in [-0.3, -0.25) is 0 Å². The van der Waals surface area contributed by atoms with Gasteiger partial charge in [-0.15, -0.1) is 0 Å². The Bertz CT molecular complexity index is 355. The fourth-order valence-corrected chi connectivity index (χ4v) is 1.91. The largest absolute Gasteiger partial charge is 0.328 e. The zero-order chi connectivity index (χ0) is 12.8. The number of hydrogen-bond donors (Lipinski definition) is 1. The highest BCUT2D eigenvalue weighted by Gasteiger charge is 2.06. The average molecular weight is 259 g/mol. The molecule has 96 valence electrons. The Kier molecular flexibility index (Phi) is 5.89. The third kappa shape index (κ3) is 5.48. The van der Waals surface area contributed by atoms with Crippen molar-refractivity contribution in [3.05, 3.63) is 34.6 Å². The van der Waals surface area contributed by atoms with E-state index in [1.54, 1.807) is 12.1 Å². The minimum absolute atomic E-state index is 0.201. The maximum Gasteiger partial charge on any atom is 0.127 e. The van der Waals surface area contributed by atoms with Gasteiger partial charge >= 0.3 is 0 Å². The lowest BCUT2D eigenvalue weighted by atomic mass is 10.1. The van der Waals surface area contributed by atoms with Gasteiger partial charge in [-0.05, 0) is 51.6 Å². The monoisotopic (exact) mass is 258 g/mol. The zero-order valence-electron chi connectivity index (χ0n) is 10.4. The van der Waals surface area contributed by atoms with E-state index in [4.69, 9.17) is 17.3 Å². The van der Waals surface area contributed by atoms with Crippen molar-refractivity contribution in [2.45, 2.75) is 32.4 Å². The Morgan fingerprint density at radius 2 is 2.18 bits per heavy atom. The molecule has 4 heteroatoms. The molecule has 0 fully saturated rings. The fraction of sp³-hybridized carbons (Fsp3) is 0.538. The summed E-state index contributed by atoms with van der Waals surface area (Å²) in [7, 11) is 1.97. The molecule has 0 amide bonds. The molecule has 1 unspecified atom stereocenters. The Labute approximate surface area is 108 Å². The van der Waals surface area contributed by atoms with E-state index in [2.05, 4.69) is 4.90 Å². The third-order valence-electron chi connectivity index (χ3n) is 2.65. The molecular formula is C13H20ClFN2. The molecule has 2 N–H and O–H groups in total. The topological polar surface area (TPSA) is 29.3 Å². The first-order valence-electron chi connectivity index (χ1n) is 5.87. The van der Waals surface area contributed by atoms with Crippen LogP contribution in [-0.4, -0.2) is 24.5 Å². The van der Waals surface area contributed by atoms with Gasteiger partial charge in [-0.2, -0.15) is 0 Å². The van der Waals surface area contributed by atoms with Crippen molar-refractivity contribution in [2.24, 2.45) is 5.73 Å². The van der Waals surface area contributed by atoms with Gasteiger partial charge in [0.2, 0.25) is 0 Å². The Morgan fingerprint density at radius 3 is 2.82 bits per heavy atom. The van der Waals surface area contributed by atoms with Crippen LogP contribution in [0.3, 0.4) is 0 Å². The maximum atomic E-state index is 13.5. The van der Waals surface area contributed by atoms with E-state index in [0.717, 1.165) is 19.4 Å². The average Bonchev–Trinajstić information content (AvgIpc) is 2.23. The summed E-state index contributed by atoms with van der Waals surface area (Å²) in [6, 6.07) is 4.88. The summed E-state index contributed by atoms with van der Waals surface area (Å²) < 4.78 is 13.5. The van der Waals surface area contributed by atoms with Gasteiger partial charge < -0.3 is 10.6 Å². The second-order valence-electron chi connectivity index (χ2n) is 4.59. The first kappa shape index (κ1) is 14.4. The number of benzene rings is 1. The van der Waals surface area contributed by atoms with Crippen LogP contribution in [0, 0.1) is 5.82 Å². The van der Waals surface area contributed by atoms with Crippen LogP contribution in [-0.2, 0) is 6.54 Å². The summed E-state index contributed by atoms with van der Waals surface area (Å²) in [5.41, 5.74) is 6.32. The van der Waals surface area contributed by atoms with Crippen molar-refractivity contribution in [3.8, 4) is 0 Å². The molecule has 0 saturated carbocycles. The number of rotatable bonds is 6. The van der Waals surface area contributed by atoms with E-state index in [9.17, 15) is 4.39 Å². The van der Waals surface area contributed by atoms with Gasteiger partial charge in [0.25, 0.3) is 0 Å². The van der Waals surface area contributed by atoms with Crippen molar-refractivity contribution in [1.82, 2.24) is 4.90 Å². The quantitative estimate of drug-likeness (QED) is 0.850. The van der Waals surface area contributed by atoms with E-state index in [1.165, 1.54) is 6.07 Å². The first-order valence-corrected chi connectivity index (χ1v) is 6.25. The summed E-state index contributed by atoms with van der Waals surface area (Å²) in [5, 5.41) is 0.574. The maximum absolute atomic E-state index is 13.5. The Hall–Kier alpha value is -0.640. The van der Waals surface area contributed by atoms with E-state index in [1.807, 2.05) is 14.0 Å². The molecule has 2 nitrogen and oxygen atoms in total. The van der Waals surface area contributed by atoms with Crippen LogP contribution in [0.1, 0.15) is 25.3 Å². The lowest BCUT2D eigenvalue weighted by molar-refractivity contribution is 0.310. The lowest BCUT2D eigenvalue weighted by Gasteiger charge is -2.17. The van der Waals surface area contributed by atoms with E-state index in [-0.39, 0.29) is 11.9 Å². The molecule has 0 aliphatic rings. The van der Waals surface area contributed by atoms with Crippen LogP contribution in [0.5, 0.6) is 0 Å². The zero-order valence-corrected chi connectivity index (χ0v) is 11.2. The molecular weight excluding hydrogens is 239 g/mol. The predicted molar refractivity (Wildman–Crippen MR) is 70.6 cm³/mol. The Balaban J connectivity index is 2.44. The predicted octanol–water partition coefficient (Wildman–Crippen LogP) is 3.04. The highest BCUT2D eigenvalue weighted by atomic mass is 35.5. The van der Waals surface area contributed by atoms with Gasteiger partial charge in [0.05, 0.1) is 0 Å². The van der Waals surface area contributed by atoms with Crippen LogP contribution in [0.25, 0.3) is 0 Å². The molecule has 17 heavy (non-hydrogen) atoms. The third-order valence-corrected chi connectivity index (χ3v) is 2.88. The summed E-state index contributed by atoms with van der Waals surface area (Å²) >= 11 is 5.84. The van der Waals surface area contributed by atoms with Crippen molar-refractivity contribution >= 4 is 11.6 Å². The smallest absolute Gasteiger partial charge is 0.127 e. The minimum Gasteiger partial charge on any atom is -0.328 e. The molecule has 0 heterocycles. The van der Waals surface area contributed by atoms with Gasteiger partial charge in [0.1, 0.15) is 5.82 Å². The minimum atomic E-state index is -0.201. The fourth-order valence-electron chi connectivity index (χ4n) is 1.72. The number of nitrogens with zero attached hydrogens (tertiary/aromatic N) is 1. The van der Waals surface area contributed by atoms with Crippen LogP contribution < -0.4 is 5.73 Å². The summed E-state index contributed by atoms with van der Waals surface area (Å²) in [6.45, 7) is 3.48. The molecule has 0 spiro atoms. The second-order valence-corrected chi connectivity index (χ2v) is 5.03. The molecule has 1 atom stereocenters. The van der Waals surface area contributed by atoms with Crippen molar-refractivity contribution in [1.29, 1.82) is 0 Å². The van der Waals surface area contributed by atoms with Gasteiger partial charge in [-0.25, -0.2) is 4.39 Å². The van der Waals surface area contributed by atoms with Crippen LogP contribution in [0.15, 0.2) is 18.2 Å². The highest BCUT2D eigenvalue weighted by molar-refractivity contribution is 6.30. The van der Waals surface area contributed by atoms with Crippen LogP contribution >= 0.6 is 11.6 Å². The first-order chi connectivity index (χ1) is 7.99. The summed E-state index contributed by atoms with van der Waals surface area (Å²) in [4.78, 5) is 2.08. The summed E-state index contributed by atoms with van der Waals surface area (Å²) in [5.74, 6) is -0.201. The van der Waals surface area contributed by atoms with Crippen molar-refractivity contribution in [2.75, 3.05) is 13.6 Å². The van der Waals surface area contributed by atoms with Gasteiger partial charge in [0, 0.05) is 23.2 Å². The Morgan fingerprint density at radius 1 is 1.47 bits per heavy atom. The molecule has 1 aromatic rings. The molecule has 0 aliphatic carbocycles. The number of hydrogen-bond acceptors (Lipinski definition) is 2. The number of halogens is 2. The highest BCUT2D eigenvalue weighted by Crippen LogP contribution is 2.16. The van der Waals surface area contributed by atoms with Crippen molar-refractivity contribution < 1.29 is 4.39 Å². The molecule has 0 aliphatic heterocycles. The summed E-state index contributed by atoms with van der Waals surface area (Å²) in [6.07, 6.45) is 2.01. The SMILES string of the molecule is CC(N)CCCN(C)Cc1cc(Cl)ccc1F. The van der Waals surface area contributed by atoms with Crippen molar-refractivity contribution in [3.63, 3.8) is 0 Å². The second kappa shape index (κ2) is 6.94. The lowest BCUT2D eigenvalue weighted by Crippen LogP contribution is -2.22. The molecule has 0 saturated heterocycles. The molecule has 1 rings (SSSR count).